The van der Waals surface area contributed by atoms with Crippen molar-refractivity contribution < 1.29 is 14.3 Å². The molecule has 8 heteroatoms. The highest BCUT2D eigenvalue weighted by Gasteiger charge is 2.18. The second kappa shape index (κ2) is 9.58. The van der Waals surface area contributed by atoms with Crippen molar-refractivity contribution in [2.75, 3.05) is 57.7 Å². The molecule has 1 amide bonds. The number of nitrogens with one attached hydrogen (secondary N) is 2. The van der Waals surface area contributed by atoms with Crippen molar-refractivity contribution in [3.8, 4) is 11.5 Å². The van der Waals surface area contributed by atoms with E-state index in [0.717, 1.165) is 37.6 Å². The van der Waals surface area contributed by atoms with E-state index in [9.17, 15) is 4.79 Å². The number of carbonyl (C=O) groups is 1. The van der Waals surface area contributed by atoms with Gasteiger partial charge in [-0.3, -0.25) is 10.1 Å². The van der Waals surface area contributed by atoms with Crippen LogP contribution in [0.3, 0.4) is 0 Å². The number of thiocarbonyl (C=S) groups is 1. The molecule has 29 heavy (non-hydrogen) atoms. The Kier molecular flexibility index (Phi) is 6.90. The van der Waals surface area contributed by atoms with Crippen LogP contribution in [0.1, 0.15) is 10.4 Å². The van der Waals surface area contributed by atoms with Crippen LogP contribution in [0.2, 0.25) is 0 Å². The van der Waals surface area contributed by atoms with Gasteiger partial charge in [0, 0.05) is 37.8 Å². The van der Waals surface area contributed by atoms with Crippen molar-refractivity contribution in [1.29, 1.82) is 0 Å². The Morgan fingerprint density at radius 1 is 1.00 bits per heavy atom. The SMILES string of the molecule is COc1cc(OC)cc(C(=O)NC(=S)Nc2ccccc2N2CCN(C)CC2)c1. The number of likely N-dealkylation sites (N-methyl/N-ethyl adjacent to an activating group) is 1. The minimum atomic E-state index is -0.336. The van der Waals surface area contributed by atoms with Gasteiger partial charge in [-0.2, -0.15) is 0 Å². The first-order valence-corrected chi connectivity index (χ1v) is 9.79. The van der Waals surface area contributed by atoms with Gasteiger partial charge in [0.25, 0.3) is 5.91 Å². The van der Waals surface area contributed by atoms with Gasteiger partial charge in [0.15, 0.2) is 5.11 Å². The normalized spacial score (nSPS) is 14.2. The van der Waals surface area contributed by atoms with E-state index < -0.39 is 0 Å². The van der Waals surface area contributed by atoms with Crippen LogP contribution in [0.5, 0.6) is 11.5 Å². The Morgan fingerprint density at radius 2 is 1.62 bits per heavy atom. The van der Waals surface area contributed by atoms with E-state index in [1.807, 2.05) is 18.2 Å². The van der Waals surface area contributed by atoms with E-state index in [-0.39, 0.29) is 11.0 Å². The summed E-state index contributed by atoms with van der Waals surface area (Å²) in [6, 6.07) is 12.9. The van der Waals surface area contributed by atoms with Gasteiger partial charge in [-0.15, -0.1) is 0 Å². The zero-order valence-corrected chi connectivity index (χ0v) is 17.7. The fourth-order valence-electron chi connectivity index (χ4n) is 3.17. The number of methoxy groups -OCH3 is 2. The summed E-state index contributed by atoms with van der Waals surface area (Å²) in [6.07, 6.45) is 0. The molecule has 2 aromatic rings. The van der Waals surface area contributed by atoms with Gasteiger partial charge in [-0.05, 0) is 43.5 Å². The molecular weight excluding hydrogens is 388 g/mol. The van der Waals surface area contributed by atoms with Gasteiger partial charge in [0.2, 0.25) is 0 Å². The maximum Gasteiger partial charge on any atom is 0.257 e. The number of rotatable bonds is 5. The average Bonchev–Trinajstić information content (AvgIpc) is 2.74. The van der Waals surface area contributed by atoms with E-state index in [1.54, 1.807) is 18.2 Å². The molecule has 0 bridgehead atoms. The van der Waals surface area contributed by atoms with Crippen LogP contribution in [0.15, 0.2) is 42.5 Å². The largest absolute Gasteiger partial charge is 0.497 e. The minimum Gasteiger partial charge on any atom is -0.497 e. The Labute approximate surface area is 176 Å². The zero-order valence-electron chi connectivity index (χ0n) is 16.9. The van der Waals surface area contributed by atoms with Crippen LogP contribution in [-0.4, -0.2) is 63.4 Å². The first-order chi connectivity index (χ1) is 14.0. The maximum absolute atomic E-state index is 12.6. The number of nitrogens with zero attached hydrogens (tertiary/aromatic N) is 2. The van der Waals surface area contributed by atoms with Crippen LogP contribution in [0.25, 0.3) is 0 Å². The summed E-state index contributed by atoms with van der Waals surface area (Å²) in [6.45, 7) is 3.90. The summed E-state index contributed by atoms with van der Waals surface area (Å²) in [4.78, 5) is 17.3. The van der Waals surface area contributed by atoms with E-state index in [1.165, 1.54) is 14.2 Å². The third kappa shape index (κ3) is 5.36. The lowest BCUT2D eigenvalue weighted by Gasteiger charge is -2.35. The molecule has 1 fully saturated rings. The number of para-hydroxylation sites is 2. The minimum absolute atomic E-state index is 0.235. The molecule has 0 aromatic heterocycles. The number of amides is 1. The second-order valence-corrected chi connectivity index (χ2v) is 7.23. The van der Waals surface area contributed by atoms with Gasteiger partial charge in [0.05, 0.1) is 25.6 Å². The Morgan fingerprint density at radius 3 is 2.24 bits per heavy atom. The first kappa shape index (κ1) is 20.9. The molecule has 2 aromatic carbocycles. The number of hydrogen-bond acceptors (Lipinski definition) is 6. The highest BCUT2D eigenvalue weighted by atomic mass is 32.1. The van der Waals surface area contributed by atoms with Gasteiger partial charge >= 0.3 is 0 Å². The Bertz CT molecular complexity index is 860. The van der Waals surface area contributed by atoms with Crippen LogP contribution in [0, 0.1) is 0 Å². The zero-order chi connectivity index (χ0) is 20.8. The van der Waals surface area contributed by atoms with Crippen molar-refractivity contribution in [2.45, 2.75) is 0 Å². The maximum atomic E-state index is 12.6. The van der Waals surface area contributed by atoms with Crippen molar-refractivity contribution in [3.63, 3.8) is 0 Å². The van der Waals surface area contributed by atoms with E-state index in [4.69, 9.17) is 21.7 Å². The van der Waals surface area contributed by atoms with Gasteiger partial charge in [-0.25, -0.2) is 0 Å². The van der Waals surface area contributed by atoms with Crippen LogP contribution >= 0.6 is 12.2 Å². The number of anilines is 2. The summed E-state index contributed by atoms with van der Waals surface area (Å²) in [5.74, 6) is 0.736. The molecule has 0 unspecified atom stereocenters. The molecule has 0 aliphatic carbocycles. The van der Waals surface area contributed by atoms with E-state index >= 15 is 0 Å². The average molecular weight is 415 g/mol. The molecule has 0 atom stereocenters. The first-order valence-electron chi connectivity index (χ1n) is 9.38. The molecule has 1 heterocycles. The van der Waals surface area contributed by atoms with Crippen molar-refractivity contribution in [3.05, 3.63) is 48.0 Å². The number of piperazine rings is 1. The number of carbonyl (C=O) groups excluding carboxylic acids is 1. The fourth-order valence-corrected chi connectivity index (χ4v) is 3.37. The smallest absolute Gasteiger partial charge is 0.257 e. The summed E-state index contributed by atoms with van der Waals surface area (Å²) in [7, 11) is 5.20. The third-order valence-electron chi connectivity index (χ3n) is 4.84. The highest BCUT2D eigenvalue weighted by molar-refractivity contribution is 7.80. The van der Waals surface area contributed by atoms with Crippen molar-refractivity contribution in [2.24, 2.45) is 0 Å². The lowest BCUT2D eigenvalue weighted by atomic mass is 10.2. The van der Waals surface area contributed by atoms with E-state index in [2.05, 4.69) is 33.5 Å². The molecule has 7 nitrogen and oxygen atoms in total. The molecule has 1 aliphatic rings. The summed E-state index contributed by atoms with van der Waals surface area (Å²) in [5, 5.41) is 6.12. The van der Waals surface area contributed by atoms with Crippen molar-refractivity contribution in [1.82, 2.24) is 10.2 Å². The molecule has 1 saturated heterocycles. The molecule has 0 saturated carbocycles. The molecule has 0 spiro atoms. The van der Waals surface area contributed by atoms with Crippen molar-refractivity contribution >= 4 is 34.6 Å². The monoisotopic (exact) mass is 414 g/mol. The highest BCUT2D eigenvalue weighted by Crippen LogP contribution is 2.26. The lowest BCUT2D eigenvalue weighted by molar-refractivity contribution is 0.0977. The fraction of sp³-hybridized carbons (Fsp3) is 0.333. The standard InChI is InChI=1S/C21H26N4O3S/c1-24-8-10-25(11-9-24)19-7-5-4-6-18(19)22-21(29)23-20(26)15-12-16(27-2)14-17(13-15)28-3/h4-7,12-14H,8-11H2,1-3H3,(H2,22,23,26,29). The molecule has 3 rings (SSSR count). The van der Waals surface area contributed by atoms with Crippen LogP contribution < -0.4 is 25.0 Å². The predicted octanol–water partition coefficient (Wildman–Crippen LogP) is 2.58. The van der Waals surface area contributed by atoms with E-state index in [0.29, 0.717) is 17.1 Å². The summed E-state index contributed by atoms with van der Waals surface area (Å²) >= 11 is 5.38. The predicted molar refractivity (Wildman–Crippen MR) is 119 cm³/mol. The third-order valence-corrected chi connectivity index (χ3v) is 5.04. The molecule has 1 aliphatic heterocycles. The second-order valence-electron chi connectivity index (χ2n) is 6.82. The summed E-state index contributed by atoms with van der Waals surface area (Å²) < 4.78 is 10.4. The Balaban J connectivity index is 1.69. The lowest BCUT2D eigenvalue weighted by Crippen LogP contribution is -2.45. The van der Waals surface area contributed by atoms with Gasteiger partial charge in [0.1, 0.15) is 11.5 Å². The molecular formula is C21H26N4O3S. The number of hydrogen-bond donors (Lipinski definition) is 2. The molecule has 154 valence electrons. The van der Waals surface area contributed by atoms with Gasteiger partial charge in [-0.1, -0.05) is 12.1 Å². The number of ether oxygens (including phenoxy) is 2. The Hall–Kier alpha value is -2.84. The van der Waals surface area contributed by atoms with Gasteiger partial charge < -0.3 is 24.6 Å². The molecule has 2 N–H and O–H groups in total. The van der Waals surface area contributed by atoms with Crippen LogP contribution in [0.4, 0.5) is 11.4 Å². The molecule has 0 radical (unpaired) electrons. The van der Waals surface area contributed by atoms with Crippen LogP contribution in [-0.2, 0) is 0 Å². The number of benzene rings is 2. The topological polar surface area (TPSA) is 66.1 Å². The quantitative estimate of drug-likeness (QED) is 0.729. The summed E-state index contributed by atoms with van der Waals surface area (Å²) in [5.41, 5.74) is 2.34.